The second-order valence-corrected chi connectivity index (χ2v) is 9.85. The van der Waals surface area contributed by atoms with Crippen molar-refractivity contribution < 1.29 is 13.9 Å². The molecule has 38 heavy (non-hydrogen) atoms. The largest absolute Gasteiger partial charge is 0.495 e. The molecule has 2 N–H and O–H groups in total. The van der Waals surface area contributed by atoms with E-state index in [1.54, 1.807) is 37.6 Å². The minimum Gasteiger partial charge on any atom is -0.495 e. The van der Waals surface area contributed by atoms with Crippen LogP contribution in [0.1, 0.15) is 30.0 Å². The minimum atomic E-state index is -0.326. The van der Waals surface area contributed by atoms with Crippen LogP contribution < -0.4 is 15.4 Å². The normalized spacial score (nSPS) is 16.8. The van der Waals surface area contributed by atoms with Crippen molar-refractivity contribution in [3.05, 3.63) is 100 Å². The van der Waals surface area contributed by atoms with Gasteiger partial charge in [-0.15, -0.1) is 0 Å². The molecule has 5 rings (SSSR count). The topological polar surface area (TPSA) is 79.6 Å². The zero-order chi connectivity index (χ0) is 26.6. The molecule has 2 atom stereocenters. The Morgan fingerprint density at radius 3 is 2.68 bits per heavy atom. The quantitative estimate of drug-likeness (QED) is 0.231. The van der Waals surface area contributed by atoms with Crippen molar-refractivity contribution in [1.82, 2.24) is 15.2 Å². The summed E-state index contributed by atoms with van der Waals surface area (Å²) in [5.74, 6) is 1.76. The van der Waals surface area contributed by atoms with E-state index in [2.05, 4.69) is 15.6 Å². The smallest absolute Gasteiger partial charge is 0.226 e. The first-order valence-electron chi connectivity index (χ1n) is 11.9. The Hall–Kier alpha value is -3.59. The molecule has 0 aliphatic carbocycles. The van der Waals surface area contributed by atoms with Crippen LogP contribution in [-0.4, -0.2) is 34.6 Å². The van der Waals surface area contributed by atoms with Gasteiger partial charge in [-0.05, 0) is 66.8 Å². The third-order valence-corrected chi connectivity index (χ3v) is 7.37. The number of hydrogen-bond donors (Lipinski definition) is 2. The van der Waals surface area contributed by atoms with Crippen LogP contribution in [0, 0.1) is 0 Å². The molecule has 0 unspecified atom stereocenters. The second kappa shape index (κ2) is 11.4. The highest BCUT2D eigenvalue weighted by Crippen LogP contribution is 2.41. The van der Waals surface area contributed by atoms with Gasteiger partial charge in [-0.1, -0.05) is 41.4 Å². The molecule has 10 heteroatoms. The summed E-state index contributed by atoms with van der Waals surface area (Å²) in [5, 5.41) is 7.72. The van der Waals surface area contributed by atoms with Gasteiger partial charge in [-0.3, -0.25) is 9.78 Å². The summed E-state index contributed by atoms with van der Waals surface area (Å²) in [6.45, 7) is 0.365. The van der Waals surface area contributed by atoms with E-state index in [0.717, 1.165) is 11.3 Å². The zero-order valence-corrected chi connectivity index (χ0v) is 22.7. The van der Waals surface area contributed by atoms with Gasteiger partial charge in [0.2, 0.25) is 5.91 Å². The highest BCUT2D eigenvalue weighted by Gasteiger charge is 2.41. The third kappa shape index (κ3) is 5.48. The van der Waals surface area contributed by atoms with Gasteiger partial charge in [0.25, 0.3) is 0 Å². The number of halogens is 2. The van der Waals surface area contributed by atoms with Gasteiger partial charge in [0.05, 0.1) is 34.6 Å². The predicted molar refractivity (Wildman–Crippen MR) is 153 cm³/mol. The predicted octanol–water partition coefficient (Wildman–Crippen LogP) is 6.66. The number of anilines is 1. The Kier molecular flexibility index (Phi) is 7.83. The summed E-state index contributed by atoms with van der Waals surface area (Å²) in [6.07, 6.45) is 1.94. The number of carbonyl (C=O) groups excluding carboxylic acids is 1. The lowest BCUT2D eigenvalue weighted by Gasteiger charge is -2.26. The van der Waals surface area contributed by atoms with E-state index in [9.17, 15) is 4.79 Å². The number of pyridine rings is 1. The fraction of sp³-hybridized carbons (Fsp3) is 0.179. The SMILES string of the molecule is COc1ccccc1NC(=O)CCN1C(=S)N[C@H](c2ccccn2)[C@@H]1c1ccc(-c2ccc(Cl)c(Cl)c2)o1. The Labute approximate surface area is 235 Å². The number of methoxy groups -OCH3 is 1. The number of furan rings is 1. The van der Waals surface area contributed by atoms with E-state index in [0.29, 0.717) is 44.7 Å². The molecule has 194 valence electrons. The minimum absolute atomic E-state index is 0.159. The molecular weight excluding hydrogens is 543 g/mol. The number of ether oxygens (including phenoxy) is 1. The molecular formula is C28H24Cl2N4O3S. The van der Waals surface area contributed by atoms with Gasteiger partial charge in [-0.2, -0.15) is 0 Å². The van der Waals surface area contributed by atoms with E-state index in [4.69, 9.17) is 44.6 Å². The van der Waals surface area contributed by atoms with Crippen molar-refractivity contribution in [1.29, 1.82) is 0 Å². The number of para-hydroxylation sites is 2. The van der Waals surface area contributed by atoms with Gasteiger partial charge in [0.1, 0.15) is 23.3 Å². The molecule has 1 saturated heterocycles. The number of aromatic nitrogens is 1. The maximum Gasteiger partial charge on any atom is 0.226 e. The van der Waals surface area contributed by atoms with Gasteiger partial charge in [-0.25, -0.2) is 0 Å². The summed E-state index contributed by atoms with van der Waals surface area (Å²) in [4.78, 5) is 19.4. The van der Waals surface area contributed by atoms with Gasteiger partial charge < -0.3 is 24.7 Å². The lowest BCUT2D eigenvalue weighted by atomic mass is 10.0. The number of rotatable bonds is 8. The first kappa shape index (κ1) is 26.0. The molecule has 2 aromatic carbocycles. The van der Waals surface area contributed by atoms with Crippen LogP contribution in [0.5, 0.6) is 5.75 Å². The van der Waals surface area contributed by atoms with Gasteiger partial charge in [0.15, 0.2) is 5.11 Å². The first-order chi connectivity index (χ1) is 18.4. The van der Waals surface area contributed by atoms with E-state index in [-0.39, 0.29) is 24.4 Å². The lowest BCUT2D eigenvalue weighted by molar-refractivity contribution is -0.116. The van der Waals surface area contributed by atoms with E-state index < -0.39 is 0 Å². The second-order valence-electron chi connectivity index (χ2n) is 8.65. The summed E-state index contributed by atoms with van der Waals surface area (Å²) >= 11 is 18.0. The van der Waals surface area contributed by atoms with E-state index in [1.165, 1.54) is 0 Å². The average Bonchev–Trinajstić information content (AvgIpc) is 3.54. The molecule has 1 aliphatic rings. The van der Waals surface area contributed by atoms with Crippen LogP contribution in [0.4, 0.5) is 5.69 Å². The van der Waals surface area contributed by atoms with Crippen molar-refractivity contribution in [2.24, 2.45) is 0 Å². The summed E-state index contributed by atoms with van der Waals surface area (Å²) < 4.78 is 11.7. The molecule has 2 aromatic heterocycles. The summed E-state index contributed by atoms with van der Waals surface area (Å²) in [5.41, 5.74) is 2.23. The van der Waals surface area contributed by atoms with Gasteiger partial charge in [0, 0.05) is 24.7 Å². The van der Waals surface area contributed by atoms with Crippen molar-refractivity contribution in [3.8, 4) is 17.1 Å². The number of thiocarbonyl (C=S) groups is 1. The van der Waals surface area contributed by atoms with Crippen LogP contribution in [0.2, 0.25) is 10.0 Å². The molecule has 0 radical (unpaired) electrons. The maximum atomic E-state index is 12.9. The Morgan fingerprint density at radius 2 is 1.92 bits per heavy atom. The molecule has 7 nitrogen and oxygen atoms in total. The van der Waals surface area contributed by atoms with Crippen LogP contribution in [-0.2, 0) is 4.79 Å². The fourth-order valence-corrected chi connectivity index (χ4v) is 5.08. The number of carbonyl (C=O) groups is 1. The number of nitrogens with one attached hydrogen (secondary N) is 2. The number of amides is 1. The standard InChI is InChI=1S/C28H24Cl2N4O3S/c1-36-23-8-3-2-6-20(23)32-25(35)13-15-34-27(26(33-28(34)38)21-7-4-5-14-31-21)24-12-11-22(37-24)17-9-10-18(29)19(30)16-17/h2-12,14,16,26-27H,13,15H2,1H3,(H,32,35)(H,33,38)/t26-,27+/m1/s1. The zero-order valence-electron chi connectivity index (χ0n) is 20.4. The molecule has 1 aliphatic heterocycles. The molecule has 1 amide bonds. The fourth-order valence-electron chi connectivity index (χ4n) is 4.45. The Morgan fingerprint density at radius 1 is 1.11 bits per heavy atom. The van der Waals surface area contributed by atoms with Crippen LogP contribution >= 0.6 is 35.4 Å². The number of nitrogens with zero attached hydrogens (tertiary/aromatic N) is 2. The monoisotopic (exact) mass is 566 g/mol. The Bertz CT molecular complexity index is 1460. The lowest BCUT2D eigenvalue weighted by Crippen LogP contribution is -2.32. The van der Waals surface area contributed by atoms with Crippen molar-refractivity contribution >= 4 is 52.1 Å². The maximum absolute atomic E-state index is 12.9. The number of hydrogen-bond acceptors (Lipinski definition) is 5. The van der Waals surface area contributed by atoms with Gasteiger partial charge >= 0.3 is 0 Å². The van der Waals surface area contributed by atoms with Crippen LogP contribution in [0.3, 0.4) is 0 Å². The molecule has 0 spiro atoms. The highest BCUT2D eigenvalue weighted by molar-refractivity contribution is 7.80. The molecule has 3 heterocycles. The van der Waals surface area contributed by atoms with E-state index >= 15 is 0 Å². The first-order valence-corrected chi connectivity index (χ1v) is 13.1. The van der Waals surface area contributed by atoms with Crippen LogP contribution in [0.15, 0.2) is 83.4 Å². The van der Waals surface area contributed by atoms with Crippen LogP contribution in [0.25, 0.3) is 11.3 Å². The average molecular weight is 567 g/mol. The Balaban J connectivity index is 1.40. The van der Waals surface area contributed by atoms with E-state index in [1.807, 2.05) is 53.4 Å². The van der Waals surface area contributed by atoms with Crippen molar-refractivity contribution in [2.45, 2.75) is 18.5 Å². The number of benzene rings is 2. The molecule has 1 fully saturated rings. The summed E-state index contributed by atoms with van der Waals surface area (Å²) in [6, 6.07) is 21.6. The highest BCUT2D eigenvalue weighted by atomic mass is 35.5. The third-order valence-electron chi connectivity index (χ3n) is 6.28. The molecule has 0 saturated carbocycles. The summed E-state index contributed by atoms with van der Waals surface area (Å²) in [7, 11) is 1.57. The van der Waals surface area contributed by atoms with Crippen molar-refractivity contribution in [3.63, 3.8) is 0 Å². The molecule has 4 aromatic rings. The van der Waals surface area contributed by atoms with Crippen molar-refractivity contribution in [2.75, 3.05) is 19.0 Å². The molecule has 0 bridgehead atoms.